The summed E-state index contributed by atoms with van der Waals surface area (Å²) in [6, 6.07) is 5.58. The van der Waals surface area contributed by atoms with Gasteiger partial charge >= 0.3 is 6.03 Å². The number of carbonyl (C=O) groups is 2. The summed E-state index contributed by atoms with van der Waals surface area (Å²) in [5.74, 6) is 0.652. The summed E-state index contributed by atoms with van der Waals surface area (Å²) in [7, 11) is 1.75. The van der Waals surface area contributed by atoms with Gasteiger partial charge in [0.25, 0.3) is 5.91 Å². The van der Waals surface area contributed by atoms with Crippen LogP contribution in [-0.2, 0) is 11.2 Å². The maximum atomic E-state index is 12.0. The Bertz CT molecular complexity index is 608. The van der Waals surface area contributed by atoms with Gasteiger partial charge in [0.1, 0.15) is 5.75 Å². The third-order valence-electron chi connectivity index (χ3n) is 3.55. The number of amides is 3. The van der Waals surface area contributed by atoms with E-state index in [4.69, 9.17) is 4.74 Å². The largest absolute Gasteiger partial charge is 0.479 e. The fourth-order valence-electron chi connectivity index (χ4n) is 2.42. The van der Waals surface area contributed by atoms with E-state index < -0.39 is 6.10 Å². The average Bonchev–Trinajstić information content (AvgIpc) is 2.43. The third kappa shape index (κ3) is 4.37. The lowest BCUT2D eigenvalue weighted by Crippen LogP contribution is -2.46. The van der Waals surface area contributed by atoms with Crippen molar-refractivity contribution in [1.29, 1.82) is 0 Å². The number of benzene rings is 1. The Morgan fingerprint density at radius 1 is 1.35 bits per heavy atom. The molecule has 0 spiro atoms. The average molecular weight is 319 g/mol. The van der Waals surface area contributed by atoms with Crippen LogP contribution in [0.2, 0.25) is 0 Å². The zero-order chi connectivity index (χ0) is 17.2. The molecule has 0 saturated carbocycles. The summed E-state index contributed by atoms with van der Waals surface area (Å²) in [6.45, 7) is 8.07. The van der Waals surface area contributed by atoms with Crippen molar-refractivity contribution in [2.75, 3.05) is 18.5 Å². The number of likely N-dealkylation sites (N-methyl/N-ethyl adjacent to an activating group) is 1. The molecule has 1 aliphatic heterocycles. The summed E-state index contributed by atoms with van der Waals surface area (Å²) >= 11 is 0. The standard InChI is InChI=1S/C17H25N3O3/c1-11-15(21)20(5)13-10-12(6-7-14(13)23-11)8-9-18-16(22)19-17(2,3)4/h6-7,10-11H,8-9H2,1-5H3,(H2,18,19,22). The molecule has 23 heavy (non-hydrogen) atoms. The number of hydrogen-bond donors (Lipinski definition) is 2. The molecule has 0 fully saturated rings. The van der Waals surface area contributed by atoms with Crippen molar-refractivity contribution in [3.63, 3.8) is 0 Å². The molecule has 0 bridgehead atoms. The highest BCUT2D eigenvalue weighted by Gasteiger charge is 2.28. The Kier molecular flexibility index (Phi) is 4.82. The van der Waals surface area contributed by atoms with Gasteiger partial charge < -0.3 is 20.3 Å². The van der Waals surface area contributed by atoms with Crippen molar-refractivity contribution in [2.24, 2.45) is 0 Å². The van der Waals surface area contributed by atoms with Gasteiger partial charge in [-0.05, 0) is 51.8 Å². The first-order valence-corrected chi connectivity index (χ1v) is 7.80. The molecule has 0 aliphatic carbocycles. The lowest BCUT2D eigenvalue weighted by Gasteiger charge is -2.30. The minimum Gasteiger partial charge on any atom is -0.479 e. The Morgan fingerprint density at radius 2 is 2.04 bits per heavy atom. The van der Waals surface area contributed by atoms with Crippen LogP contribution in [0.3, 0.4) is 0 Å². The normalized spacial score (nSPS) is 17.3. The first-order valence-electron chi connectivity index (χ1n) is 7.80. The smallest absolute Gasteiger partial charge is 0.315 e. The van der Waals surface area contributed by atoms with Crippen LogP contribution in [0.15, 0.2) is 18.2 Å². The Balaban J connectivity index is 1.95. The predicted molar refractivity (Wildman–Crippen MR) is 89.9 cm³/mol. The number of urea groups is 1. The Labute approximate surface area is 137 Å². The van der Waals surface area contributed by atoms with E-state index in [0.717, 1.165) is 11.3 Å². The van der Waals surface area contributed by atoms with Gasteiger partial charge in [-0.2, -0.15) is 0 Å². The van der Waals surface area contributed by atoms with Gasteiger partial charge in [-0.15, -0.1) is 0 Å². The number of ether oxygens (including phenoxy) is 1. The van der Waals surface area contributed by atoms with Crippen LogP contribution < -0.4 is 20.3 Å². The van der Waals surface area contributed by atoms with Crippen LogP contribution >= 0.6 is 0 Å². The monoisotopic (exact) mass is 319 g/mol. The molecule has 3 amide bonds. The SMILES string of the molecule is CC1Oc2ccc(CCNC(=O)NC(C)(C)C)cc2N(C)C1=O. The molecule has 1 aliphatic rings. The summed E-state index contributed by atoms with van der Waals surface area (Å²) in [6.07, 6.45) is 0.226. The molecule has 1 heterocycles. The molecular weight excluding hydrogens is 294 g/mol. The number of nitrogens with zero attached hydrogens (tertiary/aromatic N) is 1. The minimum atomic E-state index is -0.457. The van der Waals surface area contributed by atoms with Gasteiger partial charge in [-0.25, -0.2) is 4.79 Å². The zero-order valence-electron chi connectivity index (χ0n) is 14.4. The Hall–Kier alpha value is -2.24. The first-order chi connectivity index (χ1) is 10.7. The molecule has 126 valence electrons. The zero-order valence-corrected chi connectivity index (χ0v) is 14.4. The number of anilines is 1. The van der Waals surface area contributed by atoms with Crippen molar-refractivity contribution in [3.05, 3.63) is 23.8 Å². The van der Waals surface area contributed by atoms with E-state index in [2.05, 4.69) is 10.6 Å². The highest BCUT2D eigenvalue weighted by molar-refractivity contribution is 5.99. The number of nitrogens with one attached hydrogen (secondary N) is 2. The van der Waals surface area contributed by atoms with Crippen LogP contribution in [0.5, 0.6) is 5.75 Å². The van der Waals surface area contributed by atoms with Crippen molar-refractivity contribution in [1.82, 2.24) is 10.6 Å². The van der Waals surface area contributed by atoms with Crippen LogP contribution in [-0.4, -0.2) is 37.2 Å². The molecule has 0 saturated heterocycles. The summed E-state index contributed by atoms with van der Waals surface area (Å²) in [5, 5.41) is 5.68. The molecular formula is C17H25N3O3. The number of fused-ring (bicyclic) bond motifs is 1. The van der Waals surface area contributed by atoms with E-state index in [0.29, 0.717) is 18.7 Å². The minimum absolute atomic E-state index is 0.0580. The summed E-state index contributed by atoms with van der Waals surface area (Å²) in [5.41, 5.74) is 1.55. The fourth-order valence-corrected chi connectivity index (χ4v) is 2.42. The number of rotatable bonds is 3. The highest BCUT2D eigenvalue weighted by Crippen LogP contribution is 2.33. The van der Waals surface area contributed by atoms with Crippen molar-refractivity contribution in [2.45, 2.75) is 45.8 Å². The fraction of sp³-hybridized carbons (Fsp3) is 0.529. The predicted octanol–water partition coefficient (Wildman–Crippen LogP) is 2.07. The molecule has 1 atom stereocenters. The van der Waals surface area contributed by atoms with E-state index in [1.54, 1.807) is 18.9 Å². The van der Waals surface area contributed by atoms with Crippen LogP contribution in [0.25, 0.3) is 0 Å². The number of hydrogen-bond acceptors (Lipinski definition) is 3. The van der Waals surface area contributed by atoms with E-state index in [9.17, 15) is 9.59 Å². The number of carbonyl (C=O) groups excluding carboxylic acids is 2. The quantitative estimate of drug-likeness (QED) is 0.896. The van der Waals surface area contributed by atoms with Crippen LogP contribution in [0, 0.1) is 0 Å². The maximum absolute atomic E-state index is 12.0. The third-order valence-corrected chi connectivity index (χ3v) is 3.55. The highest BCUT2D eigenvalue weighted by atomic mass is 16.5. The van der Waals surface area contributed by atoms with Crippen LogP contribution in [0.4, 0.5) is 10.5 Å². The van der Waals surface area contributed by atoms with Crippen molar-refractivity contribution >= 4 is 17.6 Å². The topological polar surface area (TPSA) is 70.7 Å². The van der Waals surface area contributed by atoms with Gasteiger partial charge in [0.05, 0.1) is 5.69 Å². The molecule has 1 aromatic rings. The van der Waals surface area contributed by atoms with Crippen LogP contribution in [0.1, 0.15) is 33.3 Å². The molecule has 6 nitrogen and oxygen atoms in total. The van der Waals surface area contributed by atoms with Gasteiger partial charge in [0, 0.05) is 19.1 Å². The maximum Gasteiger partial charge on any atom is 0.315 e. The van der Waals surface area contributed by atoms with E-state index in [1.807, 2.05) is 39.0 Å². The second-order valence-electron chi connectivity index (χ2n) is 6.84. The molecule has 0 aromatic heterocycles. The van der Waals surface area contributed by atoms with Crippen molar-refractivity contribution in [3.8, 4) is 5.75 Å². The molecule has 2 N–H and O–H groups in total. The van der Waals surface area contributed by atoms with Gasteiger partial charge in [-0.3, -0.25) is 4.79 Å². The second kappa shape index (κ2) is 6.48. The lowest BCUT2D eigenvalue weighted by atomic mass is 10.1. The van der Waals surface area contributed by atoms with E-state index in [-0.39, 0.29) is 17.5 Å². The molecule has 0 radical (unpaired) electrons. The van der Waals surface area contributed by atoms with E-state index >= 15 is 0 Å². The first kappa shape index (κ1) is 17.1. The van der Waals surface area contributed by atoms with E-state index in [1.165, 1.54) is 0 Å². The lowest BCUT2D eigenvalue weighted by molar-refractivity contribution is -0.125. The van der Waals surface area contributed by atoms with Crippen molar-refractivity contribution < 1.29 is 14.3 Å². The van der Waals surface area contributed by atoms with Gasteiger partial charge in [0.15, 0.2) is 6.10 Å². The molecule has 1 aromatic carbocycles. The summed E-state index contributed by atoms with van der Waals surface area (Å²) < 4.78 is 5.60. The molecule has 6 heteroatoms. The molecule has 1 unspecified atom stereocenters. The Morgan fingerprint density at radius 3 is 2.70 bits per heavy atom. The second-order valence-corrected chi connectivity index (χ2v) is 6.84. The van der Waals surface area contributed by atoms with Gasteiger partial charge in [0.2, 0.25) is 0 Å². The molecule has 2 rings (SSSR count). The summed E-state index contributed by atoms with van der Waals surface area (Å²) in [4.78, 5) is 25.3. The van der Waals surface area contributed by atoms with Gasteiger partial charge in [-0.1, -0.05) is 6.07 Å².